The summed E-state index contributed by atoms with van der Waals surface area (Å²) in [7, 11) is 3.74. The van der Waals surface area contributed by atoms with E-state index in [2.05, 4.69) is 11.8 Å². The topological polar surface area (TPSA) is 32.7 Å². The van der Waals surface area contributed by atoms with Crippen LogP contribution in [0.5, 0.6) is 0 Å². The minimum absolute atomic E-state index is 0.216. The summed E-state index contributed by atoms with van der Waals surface area (Å²) in [5.41, 5.74) is 0. The monoisotopic (exact) mass is 175 g/mol. The van der Waals surface area contributed by atoms with Gasteiger partial charge < -0.3 is 9.84 Å². The normalized spacial score (nSPS) is 16.5. The summed E-state index contributed by atoms with van der Waals surface area (Å²) < 4.78 is 4.99. The number of aliphatic hydroxyl groups is 1. The van der Waals surface area contributed by atoms with Gasteiger partial charge in [-0.1, -0.05) is 0 Å². The average Bonchev–Trinajstić information content (AvgIpc) is 2.11. The molecule has 2 unspecified atom stereocenters. The lowest BCUT2D eigenvalue weighted by atomic mass is 10.2. The molecule has 2 atom stereocenters. The summed E-state index contributed by atoms with van der Waals surface area (Å²) in [6.07, 6.45) is 1.01. The maximum absolute atomic E-state index is 8.91. The molecular weight excluding hydrogens is 154 g/mol. The maximum atomic E-state index is 8.91. The first-order chi connectivity index (χ1) is 5.63. The summed E-state index contributed by atoms with van der Waals surface area (Å²) in [5.74, 6) is 0. The van der Waals surface area contributed by atoms with Gasteiger partial charge in [-0.05, 0) is 27.3 Å². The molecule has 0 aliphatic heterocycles. The number of nitrogens with zero attached hydrogens (tertiary/aromatic N) is 1. The van der Waals surface area contributed by atoms with Gasteiger partial charge in [0, 0.05) is 25.8 Å². The van der Waals surface area contributed by atoms with E-state index in [0.29, 0.717) is 6.04 Å². The Hall–Kier alpha value is -0.120. The first kappa shape index (κ1) is 11.9. The van der Waals surface area contributed by atoms with Crippen LogP contribution in [0, 0.1) is 0 Å². The van der Waals surface area contributed by atoms with Crippen molar-refractivity contribution in [1.29, 1.82) is 0 Å². The molecule has 0 aliphatic rings. The third kappa shape index (κ3) is 4.04. The Labute approximate surface area is 75.3 Å². The molecule has 1 N–H and O–H groups in total. The molecule has 0 saturated carbocycles. The van der Waals surface area contributed by atoms with Crippen molar-refractivity contribution >= 4 is 0 Å². The van der Waals surface area contributed by atoms with E-state index < -0.39 is 0 Å². The molecule has 0 saturated heterocycles. The van der Waals surface area contributed by atoms with Crippen molar-refractivity contribution in [3.63, 3.8) is 0 Å². The zero-order valence-corrected chi connectivity index (χ0v) is 8.58. The maximum Gasteiger partial charge on any atom is 0.0584 e. The fourth-order valence-corrected chi connectivity index (χ4v) is 1.06. The first-order valence-corrected chi connectivity index (χ1v) is 4.45. The Morgan fingerprint density at radius 1 is 1.33 bits per heavy atom. The molecule has 0 fully saturated rings. The van der Waals surface area contributed by atoms with Crippen molar-refractivity contribution in [2.24, 2.45) is 0 Å². The number of aliphatic hydroxyl groups excluding tert-OH is 1. The number of hydrogen-bond acceptors (Lipinski definition) is 3. The fraction of sp³-hybridized carbons (Fsp3) is 1.00. The van der Waals surface area contributed by atoms with Crippen molar-refractivity contribution in [3.05, 3.63) is 0 Å². The SMILES string of the molecule is COCCC(C)N(C)C(C)CO. The zero-order valence-electron chi connectivity index (χ0n) is 8.58. The van der Waals surface area contributed by atoms with Crippen LogP contribution in [-0.2, 0) is 4.74 Å². The minimum Gasteiger partial charge on any atom is -0.395 e. The smallest absolute Gasteiger partial charge is 0.0584 e. The number of hydrogen-bond donors (Lipinski definition) is 1. The van der Waals surface area contributed by atoms with Crippen molar-refractivity contribution in [3.8, 4) is 0 Å². The Morgan fingerprint density at radius 2 is 1.92 bits per heavy atom. The standard InChI is InChI=1S/C9H21NO2/c1-8(5-6-12-4)10(3)9(2)7-11/h8-9,11H,5-7H2,1-4H3. The minimum atomic E-state index is 0.216. The van der Waals surface area contributed by atoms with Gasteiger partial charge in [0.25, 0.3) is 0 Å². The quantitative estimate of drug-likeness (QED) is 0.646. The van der Waals surface area contributed by atoms with Crippen LogP contribution in [-0.4, -0.2) is 49.5 Å². The highest BCUT2D eigenvalue weighted by molar-refractivity contribution is 4.68. The third-order valence-electron chi connectivity index (χ3n) is 2.39. The molecule has 0 bridgehead atoms. The molecular formula is C9H21NO2. The van der Waals surface area contributed by atoms with Crippen LogP contribution in [0.4, 0.5) is 0 Å². The van der Waals surface area contributed by atoms with Gasteiger partial charge in [-0.15, -0.1) is 0 Å². The predicted molar refractivity (Wildman–Crippen MR) is 50.3 cm³/mol. The lowest BCUT2D eigenvalue weighted by Crippen LogP contribution is -2.39. The Kier molecular flexibility index (Phi) is 6.34. The summed E-state index contributed by atoms with van der Waals surface area (Å²) in [6, 6.07) is 0.698. The zero-order chi connectivity index (χ0) is 9.56. The molecule has 74 valence electrons. The second-order valence-corrected chi connectivity index (χ2v) is 3.33. The largest absolute Gasteiger partial charge is 0.395 e. The van der Waals surface area contributed by atoms with E-state index in [1.807, 2.05) is 14.0 Å². The molecule has 0 aromatic rings. The average molecular weight is 175 g/mol. The molecule has 0 aromatic heterocycles. The fourth-order valence-electron chi connectivity index (χ4n) is 1.06. The van der Waals surface area contributed by atoms with E-state index in [1.54, 1.807) is 7.11 Å². The number of ether oxygens (including phenoxy) is 1. The predicted octanol–water partition coefficient (Wildman–Crippen LogP) is 0.724. The first-order valence-electron chi connectivity index (χ1n) is 4.45. The van der Waals surface area contributed by atoms with Crippen molar-refractivity contribution in [2.75, 3.05) is 27.4 Å². The lowest BCUT2D eigenvalue weighted by Gasteiger charge is -2.29. The molecule has 0 radical (unpaired) electrons. The molecule has 0 heterocycles. The van der Waals surface area contributed by atoms with Crippen molar-refractivity contribution < 1.29 is 9.84 Å². The molecule has 0 amide bonds. The van der Waals surface area contributed by atoms with Gasteiger partial charge in [0.2, 0.25) is 0 Å². The van der Waals surface area contributed by atoms with Crippen LogP contribution >= 0.6 is 0 Å². The lowest BCUT2D eigenvalue weighted by molar-refractivity contribution is 0.100. The molecule has 3 nitrogen and oxygen atoms in total. The molecule has 12 heavy (non-hydrogen) atoms. The van der Waals surface area contributed by atoms with Gasteiger partial charge in [-0.2, -0.15) is 0 Å². The van der Waals surface area contributed by atoms with Crippen LogP contribution in [0.1, 0.15) is 20.3 Å². The van der Waals surface area contributed by atoms with Crippen LogP contribution in [0.3, 0.4) is 0 Å². The summed E-state index contributed by atoms with van der Waals surface area (Å²) >= 11 is 0. The molecule has 0 spiro atoms. The van der Waals surface area contributed by atoms with Gasteiger partial charge in [0.15, 0.2) is 0 Å². The van der Waals surface area contributed by atoms with E-state index in [4.69, 9.17) is 9.84 Å². The number of rotatable bonds is 6. The highest BCUT2D eigenvalue weighted by atomic mass is 16.5. The Bertz CT molecular complexity index is 109. The summed E-state index contributed by atoms with van der Waals surface area (Å²) in [5, 5.41) is 8.91. The van der Waals surface area contributed by atoms with Crippen LogP contribution in [0.2, 0.25) is 0 Å². The molecule has 0 aromatic carbocycles. The molecule has 0 aliphatic carbocycles. The Balaban J connectivity index is 3.67. The van der Waals surface area contributed by atoms with Crippen LogP contribution in [0.25, 0.3) is 0 Å². The highest BCUT2D eigenvalue weighted by Gasteiger charge is 2.13. The van der Waals surface area contributed by atoms with E-state index in [0.717, 1.165) is 13.0 Å². The van der Waals surface area contributed by atoms with E-state index in [9.17, 15) is 0 Å². The van der Waals surface area contributed by atoms with Gasteiger partial charge in [-0.25, -0.2) is 0 Å². The van der Waals surface area contributed by atoms with Gasteiger partial charge >= 0.3 is 0 Å². The summed E-state index contributed by atoms with van der Waals surface area (Å²) in [6.45, 7) is 5.16. The van der Waals surface area contributed by atoms with E-state index in [1.165, 1.54) is 0 Å². The number of likely N-dealkylation sites (N-methyl/N-ethyl adjacent to an activating group) is 1. The van der Waals surface area contributed by atoms with Crippen molar-refractivity contribution in [2.45, 2.75) is 32.4 Å². The summed E-state index contributed by atoms with van der Waals surface area (Å²) in [4.78, 5) is 2.17. The van der Waals surface area contributed by atoms with Crippen LogP contribution in [0.15, 0.2) is 0 Å². The van der Waals surface area contributed by atoms with Crippen molar-refractivity contribution in [1.82, 2.24) is 4.90 Å². The van der Waals surface area contributed by atoms with E-state index in [-0.39, 0.29) is 12.6 Å². The van der Waals surface area contributed by atoms with Gasteiger partial charge in [-0.3, -0.25) is 4.90 Å². The number of methoxy groups -OCH3 is 1. The third-order valence-corrected chi connectivity index (χ3v) is 2.39. The second-order valence-electron chi connectivity index (χ2n) is 3.33. The highest BCUT2D eigenvalue weighted by Crippen LogP contribution is 2.05. The van der Waals surface area contributed by atoms with Gasteiger partial charge in [0.1, 0.15) is 0 Å². The van der Waals surface area contributed by atoms with Crippen LogP contribution < -0.4 is 0 Å². The van der Waals surface area contributed by atoms with E-state index >= 15 is 0 Å². The van der Waals surface area contributed by atoms with Gasteiger partial charge in [0.05, 0.1) is 6.61 Å². The molecule has 3 heteroatoms. The molecule has 0 rings (SSSR count). The second kappa shape index (κ2) is 6.40. The Morgan fingerprint density at radius 3 is 2.33 bits per heavy atom.